The summed E-state index contributed by atoms with van der Waals surface area (Å²) in [5, 5.41) is 2.70. The molecule has 0 bridgehead atoms. The van der Waals surface area contributed by atoms with Gasteiger partial charge in [0, 0.05) is 6.54 Å². The Balaban J connectivity index is 2.55. The second kappa shape index (κ2) is 8.29. The summed E-state index contributed by atoms with van der Waals surface area (Å²) in [7, 11) is -3.65. The molecule has 0 fully saturated rings. The summed E-state index contributed by atoms with van der Waals surface area (Å²) in [6, 6.07) is 6.71. The number of hydrogen-bond donors (Lipinski definition) is 2. The minimum Gasteiger partial charge on any atom is -0.355 e. The van der Waals surface area contributed by atoms with E-state index in [0.717, 1.165) is 12.0 Å². The van der Waals surface area contributed by atoms with Crippen LogP contribution < -0.4 is 10.0 Å². The van der Waals surface area contributed by atoms with Crippen molar-refractivity contribution >= 4 is 15.9 Å². The summed E-state index contributed by atoms with van der Waals surface area (Å²) in [5.41, 5.74) is 1.07. The van der Waals surface area contributed by atoms with Gasteiger partial charge < -0.3 is 5.32 Å². The highest BCUT2D eigenvalue weighted by Crippen LogP contribution is 2.17. The van der Waals surface area contributed by atoms with Gasteiger partial charge in [0.25, 0.3) is 0 Å². The number of benzene rings is 1. The van der Waals surface area contributed by atoms with Gasteiger partial charge in [-0.05, 0) is 36.0 Å². The second-order valence-electron chi connectivity index (χ2n) is 6.08. The molecule has 124 valence electrons. The Morgan fingerprint density at radius 3 is 2.18 bits per heavy atom. The fourth-order valence-electron chi connectivity index (χ4n) is 1.84. The molecule has 0 aliphatic heterocycles. The summed E-state index contributed by atoms with van der Waals surface area (Å²) < 4.78 is 26.5. The summed E-state index contributed by atoms with van der Waals surface area (Å²) in [6.45, 7) is 8.53. The van der Waals surface area contributed by atoms with Crippen LogP contribution in [-0.2, 0) is 14.8 Å². The van der Waals surface area contributed by atoms with Crippen LogP contribution in [-0.4, -0.2) is 27.4 Å². The van der Waals surface area contributed by atoms with E-state index in [1.165, 1.54) is 0 Å². The Kier molecular flexibility index (Phi) is 7.03. The van der Waals surface area contributed by atoms with Gasteiger partial charge in [-0.25, -0.2) is 13.1 Å². The maximum atomic E-state index is 12.1. The predicted molar refractivity (Wildman–Crippen MR) is 88.2 cm³/mol. The Labute approximate surface area is 133 Å². The molecule has 5 nitrogen and oxygen atoms in total. The molecule has 22 heavy (non-hydrogen) atoms. The molecule has 1 aromatic rings. The summed E-state index contributed by atoms with van der Waals surface area (Å²) >= 11 is 0. The molecule has 0 radical (unpaired) electrons. The molecule has 0 aliphatic carbocycles. The number of rotatable bonds is 8. The molecular weight excluding hydrogens is 300 g/mol. The lowest BCUT2D eigenvalue weighted by Gasteiger charge is -2.10. The van der Waals surface area contributed by atoms with Crippen LogP contribution in [0.4, 0.5) is 0 Å². The van der Waals surface area contributed by atoms with Crippen molar-refractivity contribution in [3.8, 4) is 0 Å². The summed E-state index contributed by atoms with van der Waals surface area (Å²) in [6.07, 6.45) is 0.870. The molecule has 0 spiro atoms. The largest absolute Gasteiger partial charge is 0.355 e. The van der Waals surface area contributed by atoms with Gasteiger partial charge in [0.05, 0.1) is 11.4 Å². The number of sulfonamides is 1. The van der Waals surface area contributed by atoms with E-state index >= 15 is 0 Å². The van der Waals surface area contributed by atoms with E-state index in [2.05, 4.69) is 23.9 Å². The molecule has 0 saturated heterocycles. The highest BCUT2D eigenvalue weighted by atomic mass is 32.2. The van der Waals surface area contributed by atoms with Crippen molar-refractivity contribution < 1.29 is 13.2 Å². The number of amides is 1. The molecule has 1 aromatic carbocycles. The van der Waals surface area contributed by atoms with E-state index in [0.29, 0.717) is 18.4 Å². The van der Waals surface area contributed by atoms with Crippen LogP contribution in [0, 0.1) is 5.92 Å². The SMILES string of the molecule is CC(C)CCNC(=O)CNS(=O)(=O)c1ccc(C(C)C)cc1. The van der Waals surface area contributed by atoms with E-state index in [-0.39, 0.29) is 17.3 Å². The third-order valence-electron chi connectivity index (χ3n) is 3.32. The molecule has 1 amide bonds. The number of carbonyl (C=O) groups excluding carboxylic acids is 1. The first-order chi connectivity index (χ1) is 10.2. The van der Waals surface area contributed by atoms with Crippen molar-refractivity contribution in [1.29, 1.82) is 0 Å². The standard InChI is InChI=1S/C16H26N2O3S/c1-12(2)9-10-17-16(19)11-18-22(20,21)15-7-5-14(6-8-15)13(3)4/h5-8,12-13,18H,9-11H2,1-4H3,(H,17,19). The second-order valence-corrected chi connectivity index (χ2v) is 7.85. The van der Waals surface area contributed by atoms with Crippen molar-refractivity contribution in [2.45, 2.75) is 44.9 Å². The minimum atomic E-state index is -3.65. The molecular formula is C16H26N2O3S. The fraction of sp³-hybridized carbons (Fsp3) is 0.562. The Bertz CT molecular complexity index is 578. The van der Waals surface area contributed by atoms with Crippen LogP contribution in [0.15, 0.2) is 29.2 Å². The van der Waals surface area contributed by atoms with Crippen LogP contribution in [0.1, 0.15) is 45.6 Å². The minimum absolute atomic E-state index is 0.173. The maximum Gasteiger partial charge on any atom is 0.241 e. The normalized spacial score (nSPS) is 11.9. The average Bonchev–Trinajstić information content (AvgIpc) is 2.45. The van der Waals surface area contributed by atoms with Crippen LogP contribution >= 0.6 is 0 Å². The molecule has 0 saturated carbocycles. The lowest BCUT2D eigenvalue weighted by atomic mass is 10.0. The van der Waals surface area contributed by atoms with Crippen LogP contribution in [0.2, 0.25) is 0 Å². The maximum absolute atomic E-state index is 12.1. The van der Waals surface area contributed by atoms with Crippen molar-refractivity contribution in [1.82, 2.24) is 10.0 Å². The number of carbonyl (C=O) groups is 1. The van der Waals surface area contributed by atoms with Gasteiger partial charge in [0.15, 0.2) is 0 Å². The zero-order valence-corrected chi connectivity index (χ0v) is 14.5. The Hall–Kier alpha value is -1.40. The van der Waals surface area contributed by atoms with Crippen molar-refractivity contribution in [2.24, 2.45) is 5.92 Å². The van der Waals surface area contributed by atoms with E-state index in [4.69, 9.17) is 0 Å². The predicted octanol–water partition coefficient (Wildman–Crippen LogP) is 2.25. The first kappa shape index (κ1) is 18.6. The molecule has 1 rings (SSSR count). The number of hydrogen-bond acceptors (Lipinski definition) is 3. The molecule has 0 aliphatic rings. The van der Waals surface area contributed by atoms with Crippen molar-refractivity contribution in [2.75, 3.05) is 13.1 Å². The smallest absolute Gasteiger partial charge is 0.241 e. The monoisotopic (exact) mass is 326 g/mol. The topological polar surface area (TPSA) is 75.3 Å². The Morgan fingerprint density at radius 2 is 1.68 bits per heavy atom. The first-order valence-electron chi connectivity index (χ1n) is 7.58. The van der Waals surface area contributed by atoms with Gasteiger partial charge in [-0.1, -0.05) is 39.8 Å². The average molecular weight is 326 g/mol. The van der Waals surface area contributed by atoms with E-state index in [1.54, 1.807) is 24.3 Å². The van der Waals surface area contributed by atoms with E-state index in [9.17, 15) is 13.2 Å². The summed E-state index contributed by atoms with van der Waals surface area (Å²) in [5.74, 6) is 0.524. The van der Waals surface area contributed by atoms with Crippen LogP contribution in [0.3, 0.4) is 0 Å². The summed E-state index contributed by atoms with van der Waals surface area (Å²) in [4.78, 5) is 11.8. The first-order valence-corrected chi connectivity index (χ1v) is 9.07. The molecule has 2 N–H and O–H groups in total. The molecule has 0 atom stereocenters. The zero-order chi connectivity index (χ0) is 16.8. The zero-order valence-electron chi connectivity index (χ0n) is 13.7. The third-order valence-corrected chi connectivity index (χ3v) is 4.74. The van der Waals surface area contributed by atoms with E-state index in [1.807, 2.05) is 13.8 Å². The van der Waals surface area contributed by atoms with Crippen LogP contribution in [0.25, 0.3) is 0 Å². The molecule has 0 unspecified atom stereocenters. The van der Waals surface area contributed by atoms with Gasteiger partial charge in [0.2, 0.25) is 15.9 Å². The lowest BCUT2D eigenvalue weighted by Crippen LogP contribution is -2.37. The van der Waals surface area contributed by atoms with E-state index < -0.39 is 10.0 Å². The van der Waals surface area contributed by atoms with Gasteiger partial charge in [-0.3, -0.25) is 4.79 Å². The lowest BCUT2D eigenvalue weighted by molar-refractivity contribution is -0.119. The van der Waals surface area contributed by atoms with Crippen molar-refractivity contribution in [3.05, 3.63) is 29.8 Å². The third kappa shape index (κ3) is 6.15. The fourth-order valence-corrected chi connectivity index (χ4v) is 2.82. The molecule has 0 aromatic heterocycles. The quantitative estimate of drug-likeness (QED) is 0.769. The van der Waals surface area contributed by atoms with Crippen LogP contribution in [0.5, 0.6) is 0 Å². The van der Waals surface area contributed by atoms with Gasteiger partial charge in [-0.2, -0.15) is 0 Å². The Morgan fingerprint density at radius 1 is 1.09 bits per heavy atom. The molecule has 0 heterocycles. The van der Waals surface area contributed by atoms with Gasteiger partial charge in [0.1, 0.15) is 0 Å². The number of nitrogens with one attached hydrogen (secondary N) is 2. The highest BCUT2D eigenvalue weighted by Gasteiger charge is 2.15. The van der Waals surface area contributed by atoms with Gasteiger partial charge >= 0.3 is 0 Å². The van der Waals surface area contributed by atoms with Crippen molar-refractivity contribution in [3.63, 3.8) is 0 Å². The highest BCUT2D eigenvalue weighted by molar-refractivity contribution is 7.89. The van der Waals surface area contributed by atoms with Gasteiger partial charge in [-0.15, -0.1) is 0 Å². The molecule has 6 heteroatoms.